The van der Waals surface area contributed by atoms with Crippen LogP contribution in [0.2, 0.25) is 0 Å². The van der Waals surface area contributed by atoms with Crippen molar-refractivity contribution in [2.75, 3.05) is 5.32 Å². The van der Waals surface area contributed by atoms with Crippen molar-refractivity contribution in [3.8, 4) is 6.07 Å². The van der Waals surface area contributed by atoms with Gasteiger partial charge in [0, 0.05) is 18.2 Å². The van der Waals surface area contributed by atoms with Crippen LogP contribution in [0.15, 0.2) is 24.3 Å². The van der Waals surface area contributed by atoms with Crippen LogP contribution in [0.5, 0.6) is 0 Å². The fraction of sp³-hybridized carbons (Fsp3) is 0.529. The lowest BCUT2D eigenvalue weighted by Crippen LogP contribution is -2.30. The van der Waals surface area contributed by atoms with E-state index in [9.17, 15) is 4.79 Å². The standard InChI is InChI=1S/C17H22N2O2/c1-17(12-18)9-7-14(8-10-17)19-15-4-2-3-13(11-15)5-6-16(20)21/h2-4,11,14,19H,5-10H2,1H3,(H,20,21). The molecule has 0 spiro atoms. The molecule has 21 heavy (non-hydrogen) atoms. The Morgan fingerprint density at radius 3 is 2.81 bits per heavy atom. The van der Waals surface area contributed by atoms with Crippen LogP contribution < -0.4 is 5.32 Å². The summed E-state index contributed by atoms with van der Waals surface area (Å²) in [6, 6.07) is 10.8. The summed E-state index contributed by atoms with van der Waals surface area (Å²) in [5.74, 6) is -0.767. The predicted octanol–water partition coefficient (Wildman–Crippen LogP) is 3.59. The highest BCUT2D eigenvalue weighted by atomic mass is 16.4. The number of aryl methyl sites for hydroxylation is 1. The Bertz CT molecular complexity index is 540. The zero-order valence-corrected chi connectivity index (χ0v) is 12.4. The number of hydrogen-bond donors (Lipinski definition) is 2. The highest BCUT2D eigenvalue weighted by molar-refractivity contribution is 5.67. The van der Waals surface area contributed by atoms with E-state index in [1.54, 1.807) is 0 Å². The predicted molar refractivity (Wildman–Crippen MR) is 82.0 cm³/mol. The largest absolute Gasteiger partial charge is 0.481 e. The monoisotopic (exact) mass is 286 g/mol. The van der Waals surface area contributed by atoms with Gasteiger partial charge in [-0.05, 0) is 56.7 Å². The Balaban J connectivity index is 1.90. The molecule has 4 heteroatoms. The van der Waals surface area contributed by atoms with Crippen molar-refractivity contribution >= 4 is 11.7 Å². The molecule has 1 saturated carbocycles. The molecule has 2 rings (SSSR count). The molecule has 2 N–H and O–H groups in total. The van der Waals surface area contributed by atoms with E-state index in [2.05, 4.69) is 11.4 Å². The van der Waals surface area contributed by atoms with Crippen LogP contribution in [0.4, 0.5) is 5.69 Å². The maximum absolute atomic E-state index is 10.6. The van der Waals surface area contributed by atoms with Gasteiger partial charge in [0.15, 0.2) is 0 Å². The Hall–Kier alpha value is -2.02. The fourth-order valence-corrected chi connectivity index (χ4v) is 2.81. The van der Waals surface area contributed by atoms with Gasteiger partial charge in [-0.25, -0.2) is 0 Å². The molecule has 0 aromatic heterocycles. The second kappa shape index (κ2) is 6.62. The lowest BCUT2D eigenvalue weighted by Gasteiger charge is -2.33. The Labute approximate surface area is 125 Å². The van der Waals surface area contributed by atoms with E-state index in [0.29, 0.717) is 12.5 Å². The normalized spacial score (nSPS) is 25.0. The first kappa shape index (κ1) is 15.4. The molecule has 1 aliphatic rings. The summed E-state index contributed by atoms with van der Waals surface area (Å²) in [5, 5.41) is 21.4. The van der Waals surface area contributed by atoms with E-state index in [1.165, 1.54) is 0 Å². The lowest BCUT2D eigenvalue weighted by atomic mass is 9.75. The van der Waals surface area contributed by atoms with Gasteiger partial charge in [0.1, 0.15) is 0 Å². The molecule has 0 bridgehead atoms. The summed E-state index contributed by atoms with van der Waals surface area (Å²) in [6.45, 7) is 2.04. The van der Waals surface area contributed by atoms with E-state index in [0.717, 1.165) is 36.9 Å². The average molecular weight is 286 g/mol. The summed E-state index contributed by atoms with van der Waals surface area (Å²) >= 11 is 0. The molecule has 1 aliphatic carbocycles. The first-order chi connectivity index (χ1) is 10.0. The van der Waals surface area contributed by atoms with Crippen molar-refractivity contribution in [2.24, 2.45) is 5.41 Å². The minimum atomic E-state index is -0.767. The molecule has 112 valence electrons. The highest BCUT2D eigenvalue weighted by Crippen LogP contribution is 2.36. The number of carboxylic acid groups (broad SMARTS) is 1. The Kier molecular flexibility index (Phi) is 4.85. The summed E-state index contributed by atoms with van der Waals surface area (Å²) in [7, 11) is 0. The van der Waals surface area contributed by atoms with Gasteiger partial charge in [-0.2, -0.15) is 5.26 Å². The van der Waals surface area contributed by atoms with Crippen LogP contribution in [0, 0.1) is 16.7 Å². The molecule has 0 aliphatic heterocycles. The van der Waals surface area contributed by atoms with Crippen LogP contribution in [0.3, 0.4) is 0 Å². The summed E-state index contributed by atoms with van der Waals surface area (Å²) in [6.07, 6.45) is 4.59. The smallest absolute Gasteiger partial charge is 0.303 e. The first-order valence-electron chi connectivity index (χ1n) is 7.49. The number of nitrogens with zero attached hydrogens (tertiary/aromatic N) is 1. The van der Waals surface area contributed by atoms with Crippen molar-refractivity contribution in [1.82, 2.24) is 0 Å². The summed E-state index contributed by atoms with van der Waals surface area (Å²) in [5.41, 5.74) is 1.92. The van der Waals surface area contributed by atoms with E-state index in [4.69, 9.17) is 10.4 Å². The number of anilines is 1. The summed E-state index contributed by atoms with van der Waals surface area (Å²) < 4.78 is 0. The van der Waals surface area contributed by atoms with Gasteiger partial charge >= 0.3 is 5.97 Å². The van der Waals surface area contributed by atoms with E-state index >= 15 is 0 Å². The minimum absolute atomic E-state index is 0.160. The quantitative estimate of drug-likeness (QED) is 0.867. The second-order valence-electron chi connectivity index (χ2n) is 6.19. The average Bonchev–Trinajstić information content (AvgIpc) is 2.48. The molecule has 1 aromatic rings. The van der Waals surface area contributed by atoms with Crippen LogP contribution in [0.1, 0.15) is 44.6 Å². The second-order valence-corrected chi connectivity index (χ2v) is 6.19. The van der Waals surface area contributed by atoms with E-state index < -0.39 is 5.97 Å². The van der Waals surface area contributed by atoms with Crippen LogP contribution in [-0.2, 0) is 11.2 Å². The molecule has 0 heterocycles. The van der Waals surface area contributed by atoms with Gasteiger partial charge in [0.2, 0.25) is 0 Å². The number of hydrogen-bond acceptors (Lipinski definition) is 3. The molecule has 0 amide bonds. The molecule has 1 fully saturated rings. The summed E-state index contributed by atoms with van der Waals surface area (Å²) in [4.78, 5) is 10.6. The van der Waals surface area contributed by atoms with E-state index in [1.807, 2.05) is 31.2 Å². The van der Waals surface area contributed by atoms with Crippen molar-refractivity contribution < 1.29 is 9.90 Å². The molecule has 0 unspecified atom stereocenters. The number of rotatable bonds is 5. The van der Waals surface area contributed by atoms with Crippen LogP contribution >= 0.6 is 0 Å². The maximum Gasteiger partial charge on any atom is 0.303 e. The number of nitrogens with one attached hydrogen (secondary N) is 1. The third kappa shape index (κ3) is 4.49. The van der Waals surface area contributed by atoms with Gasteiger partial charge in [-0.1, -0.05) is 12.1 Å². The number of carbonyl (C=O) groups is 1. The molecule has 0 atom stereocenters. The van der Waals surface area contributed by atoms with Gasteiger partial charge < -0.3 is 10.4 Å². The van der Waals surface area contributed by atoms with Gasteiger partial charge in [-0.3, -0.25) is 4.79 Å². The van der Waals surface area contributed by atoms with Crippen molar-refractivity contribution in [1.29, 1.82) is 5.26 Å². The third-order valence-corrected chi connectivity index (χ3v) is 4.28. The van der Waals surface area contributed by atoms with Crippen LogP contribution in [-0.4, -0.2) is 17.1 Å². The van der Waals surface area contributed by atoms with Crippen LogP contribution in [0.25, 0.3) is 0 Å². The number of benzene rings is 1. The zero-order valence-electron chi connectivity index (χ0n) is 12.4. The topological polar surface area (TPSA) is 73.1 Å². The number of carboxylic acids is 1. The van der Waals surface area contributed by atoms with Crippen molar-refractivity contribution in [3.63, 3.8) is 0 Å². The first-order valence-corrected chi connectivity index (χ1v) is 7.49. The Morgan fingerprint density at radius 1 is 1.48 bits per heavy atom. The molecule has 4 nitrogen and oxygen atoms in total. The van der Waals surface area contributed by atoms with Gasteiger partial charge in [0.25, 0.3) is 0 Å². The number of aliphatic carboxylic acids is 1. The molecule has 0 saturated heterocycles. The van der Waals surface area contributed by atoms with Crippen molar-refractivity contribution in [2.45, 2.75) is 51.5 Å². The Morgan fingerprint density at radius 2 is 2.19 bits per heavy atom. The fourth-order valence-electron chi connectivity index (χ4n) is 2.81. The lowest BCUT2D eigenvalue weighted by molar-refractivity contribution is -0.136. The third-order valence-electron chi connectivity index (χ3n) is 4.28. The molecular formula is C17H22N2O2. The van der Waals surface area contributed by atoms with E-state index in [-0.39, 0.29) is 11.8 Å². The molecule has 0 radical (unpaired) electrons. The highest BCUT2D eigenvalue weighted by Gasteiger charge is 2.30. The SMILES string of the molecule is CC1(C#N)CCC(Nc2cccc(CCC(=O)O)c2)CC1. The van der Waals surface area contributed by atoms with Gasteiger partial charge in [0.05, 0.1) is 11.5 Å². The number of nitriles is 1. The molecule has 1 aromatic carbocycles. The zero-order chi connectivity index (χ0) is 15.3. The minimum Gasteiger partial charge on any atom is -0.481 e. The van der Waals surface area contributed by atoms with Gasteiger partial charge in [-0.15, -0.1) is 0 Å². The van der Waals surface area contributed by atoms with Crippen molar-refractivity contribution in [3.05, 3.63) is 29.8 Å². The maximum atomic E-state index is 10.6. The molecular weight excluding hydrogens is 264 g/mol.